The van der Waals surface area contributed by atoms with Gasteiger partial charge in [0.15, 0.2) is 0 Å². The van der Waals surface area contributed by atoms with Gasteiger partial charge < -0.3 is 10.6 Å². The van der Waals surface area contributed by atoms with E-state index in [-0.39, 0.29) is 17.2 Å². The molecule has 1 aromatic carbocycles. The van der Waals surface area contributed by atoms with Crippen LogP contribution in [0.25, 0.3) is 0 Å². The minimum atomic E-state index is -0.250. The van der Waals surface area contributed by atoms with Crippen LogP contribution in [0.4, 0.5) is 0 Å². The molecular formula is C17H20N4O2. The van der Waals surface area contributed by atoms with Gasteiger partial charge in [0.05, 0.1) is 6.54 Å². The quantitative estimate of drug-likeness (QED) is 0.855. The van der Waals surface area contributed by atoms with Crippen LogP contribution in [0.15, 0.2) is 47.3 Å². The van der Waals surface area contributed by atoms with Crippen molar-refractivity contribution >= 4 is 5.91 Å². The van der Waals surface area contributed by atoms with Crippen molar-refractivity contribution in [3.8, 4) is 0 Å². The predicted octanol–water partition coefficient (Wildman–Crippen LogP) is 0.773. The van der Waals surface area contributed by atoms with E-state index in [0.29, 0.717) is 19.1 Å². The third-order valence-electron chi connectivity index (χ3n) is 3.95. The number of carbonyl (C=O) groups is 1. The molecule has 2 aromatic rings. The molecule has 6 nitrogen and oxygen atoms in total. The molecule has 1 aliphatic heterocycles. The molecule has 23 heavy (non-hydrogen) atoms. The van der Waals surface area contributed by atoms with Gasteiger partial charge in [-0.3, -0.25) is 9.59 Å². The Balaban J connectivity index is 1.69. The van der Waals surface area contributed by atoms with Crippen molar-refractivity contribution in [2.45, 2.75) is 25.4 Å². The Bertz CT molecular complexity index is 721. The second-order valence-corrected chi connectivity index (χ2v) is 5.70. The molecule has 1 aliphatic rings. The topological polar surface area (TPSA) is 76.0 Å². The molecule has 0 bridgehead atoms. The Morgan fingerprint density at radius 2 is 2.09 bits per heavy atom. The van der Waals surface area contributed by atoms with Crippen molar-refractivity contribution in [3.63, 3.8) is 0 Å². The lowest BCUT2D eigenvalue weighted by molar-refractivity contribution is 0.0943. The van der Waals surface area contributed by atoms with Crippen LogP contribution in [0, 0.1) is 0 Å². The molecule has 0 radical (unpaired) electrons. The number of aromatic nitrogens is 2. The number of carbonyl (C=O) groups excluding carboxylic acids is 1. The van der Waals surface area contributed by atoms with Crippen molar-refractivity contribution in [2.24, 2.45) is 0 Å². The maximum atomic E-state index is 12.2. The number of hydrogen-bond donors (Lipinski definition) is 2. The molecule has 1 amide bonds. The summed E-state index contributed by atoms with van der Waals surface area (Å²) < 4.78 is 1.32. The fourth-order valence-electron chi connectivity index (χ4n) is 2.68. The molecule has 1 fully saturated rings. The van der Waals surface area contributed by atoms with Crippen LogP contribution >= 0.6 is 0 Å². The summed E-state index contributed by atoms with van der Waals surface area (Å²) in [6.07, 6.45) is 2.21. The first-order valence-electron chi connectivity index (χ1n) is 7.86. The van der Waals surface area contributed by atoms with Crippen LogP contribution < -0.4 is 16.2 Å². The molecule has 2 heterocycles. The molecule has 0 spiro atoms. The van der Waals surface area contributed by atoms with Gasteiger partial charge in [0.1, 0.15) is 5.69 Å². The van der Waals surface area contributed by atoms with Crippen LogP contribution in [-0.2, 0) is 6.54 Å². The van der Waals surface area contributed by atoms with Gasteiger partial charge >= 0.3 is 0 Å². The van der Waals surface area contributed by atoms with Crippen molar-refractivity contribution in [3.05, 3.63) is 64.1 Å². The monoisotopic (exact) mass is 312 g/mol. The average molecular weight is 312 g/mol. The first-order valence-corrected chi connectivity index (χ1v) is 7.86. The third-order valence-corrected chi connectivity index (χ3v) is 3.95. The summed E-state index contributed by atoms with van der Waals surface area (Å²) >= 11 is 0. The maximum Gasteiger partial charge on any atom is 0.271 e. The highest BCUT2D eigenvalue weighted by Crippen LogP contribution is 2.04. The zero-order valence-electron chi connectivity index (χ0n) is 12.9. The van der Waals surface area contributed by atoms with Crippen LogP contribution in [-0.4, -0.2) is 34.8 Å². The number of nitrogens with zero attached hydrogens (tertiary/aromatic N) is 2. The second-order valence-electron chi connectivity index (χ2n) is 5.70. The Kier molecular flexibility index (Phi) is 4.83. The fourth-order valence-corrected chi connectivity index (χ4v) is 2.68. The molecule has 1 saturated heterocycles. The summed E-state index contributed by atoms with van der Waals surface area (Å²) in [5.41, 5.74) is 1.01. The number of amides is 1. The zero-order valence-corrected chi connectivity index (χ0v) is 12.9. The Labute approximate surface area is 134 Å². The van der Waals surface area contributed by atoms with Gasteiger partial charge in [-0.1, -0.05) is 30.3 Å². The van der Waals surface area contributed by atoms with Gasteiger partial charge in [-0.2, -0.15) is 5.10 Å². The SMILES string of the molecule is O=C(NCC1CCCN1)c1ccc(=O)n(Cc2ccccc2)n1. The van der Waals surface area contributed by atoms with Gasteiger partial charge in [-0.05, 0) is 31.0 Å². The van der Waals surface area contributed by atoms with Crippen LogP contribution in [0.3, 0.4) is 0 Å². The number of rotatable bonds is 5. The lowest BCUT2D eigenvalue weighted by Crippen LogP contribution is -2.38. The second kappa shape index (κ2) is 7.19. The summed E-state index contributed by atoms with van der Waals surface area (Å²) in [6, 6.07) is 12.8. The highest BCUT2D eigenvalue weighted by Gasteiger charge is 2.16. The van der Waals surface area contributed by atoms with E-state index in [1.54, 1.807) is 0 Å². The average Bonchev–Trinajstić information content (AvgIpc) is 3.09. The van der Waals surface area contributed by atoms with Crippen LogP contribution in [0.2, 0.25) is 0 Å². The molecule has 2 N–H and O–H groups in total. The minimum absolute atomic E-state index is 0.220. The summed E-state index contributed by atoms with van der Waals surface area (Å²) in [5, 5.41) is 10.4. The van der Waals surface area contributed by atoms with Crippen molar-refractivity contribution in [2.75, 3.05) is 13.1 Å². The third kappa shape index (κ3) is 4.04. The van der Waals surface area contributed by atoms with Gasteiger partial charge in [-0.15, -0.1) is 0 Å². The van der Waals surface area contributed by atoms with Gasteiger partial charge in [0.2, 0.25) is 0 Å². The highest BCUT2D eigenvalue weighted by atomic mass is 16.2. The first-order chi connectivity index (χ1) is 11.2. The fraction of sp³-hybridized carbons (Fsp3) is 0.353. The lowest BCUT2D eigenvalue weighted by Gasteiger charge is -2.12. The van der Waals surface area contributed by atoms with Gasteiger partial charge in [0.25, 0.3) is 11.5 Å². The molecule has 120 valence electrons. The number of nitrogens with one attached hydrogen (secondary N) is 2. The van der Waals surface area contributed by atoms with E-state index in [2.05, 4.69) is 15.7 Å². The van der Waals surface area contributed by atoms with E-state index in [1.807, 2.05) is 30.3 Å². The summed E-state index contributed by atoms with van der Waals surface area (Å²) in [7, 11) is 0. The molecular weight excluding hydrogens is 292 g/mol. The van der Waals surface area contributed by atoms with Crippen LogP contribution in [0.1, 0.15) is 28.9 Å². The standard InChI is InChI=1S/C17H20N4O2/c22-16-9-8-15(17(23)19-11-14-7-4-10-18-14)20-21(16)12-13-5-2-1-3-6-13/h1-3,5-6,8-9,14,18H,4,7,10-12H2,(H,19,23). The largest absolute Gasteiger partial charge is 0.349 e. The molecule has 1 unspecified atom stereocenters. The number of benzene rings is 1. The maximum absolute atomic E-state index is 12.2. The van der Waals surface area contributed by atoms with E-state index < -0.39 is 0 Å². The molecule has 1 atom stereocenters. The van der Waals surface area contributed by atoms with E-state index in [1.165, 1.54) is 16.8 Å². The van der Waals surface area contributed by atoms with Crippen LogP contribution in [0.5, 0.6) is 0 Å². The first kappa shape index (κ1) is 15.4. The molecule has 3 rings (SSSR count). The van der Waals surface area contributed by atoms with E-state index in [4.69, 9.17) is 0 Å². The molecule has 1 aromatic heterocycles. The van der Waals surface area contributed by atoms with Gasteiger partial charge in [0, 0.05) is 18.7 Å². The summed E-state index contributed by atoms with van der Waals surface area (Å²) in [4.78, 5) is 24.1. The predicted molar refractivity (Wildman–Crippen MR) is 87.4 cm³/mol. The minimum Gasteiger partial charge on any atom is -0.349 e. The Morgan fingerprint density at radius 3 is 2.83 bits per heavy atom. The van der Waals surface area contributed by atoms with E-state index >= 15 is 0 Å². The van der Waals surface area contributed by atoms with Crippen molar-refractivity contribution in [1.82, 2.24) is 20.4 Å². The van der Waals surface area contributed by atoms with Gasteiger partial charge in [-0.25, -0.2) is 4.68 Å². The Hall–Kier alpha value is -2.47. The molecule has 0 saturated carbocycles. The van der Waals surface area contributed by atoms with E-state index in [9.17, 15) is 9.59 Å². The van der Waals surface area contributed by atoms with E-state index in [0.717, 1.165) is 24.9 Å². The molecule has 0 aliphatic carbocycles. The normalized spacial score (nSPS) is 17.1. The smallest absolute Gasteiger partial charge is 0.271 e. The van der Waals surface area contributed by atoms with Crippen molar-refractivity contribution in [1.29, 1.82) is 0 Å². The Morgan fingerprint density at radius 1 is 1.26 bits per heavy atom. The van der Waals surface area contributed by atoms with Crippen molar-refractivity contribution < 1.29 is 4.79 Å². The number of hydrogen-bond acceptors (Lipinski definition) is 4. The zero-order chi connectivity index (χ0) is 16.1. The summed E-state index contributed by atoms with van der Waals surface area (Å²) in [6.45, 7) is 1.93. The summed E-state index contributed by atoms with van der Waals surface area (Å²) in [5.74, 6) is -0.250. The lowest BCUT2D eigenvalue weighted by atomic mass is 10.2. The highest BCUT2D eigenvalue weighted by molar-refractivity contribution is 5.92. The molecule has 6 heteroatoms.